The summed E-state index contributed by atoms with van der Waals surface area (Å²) in [6, 6.07) is 4.72. The van der Waals surface area contributed by atoms with Gasteiger partial charge in [-0.05, 0) is 68.6 Å². The zero-order valence-corrected chi connectivity index (χ0v) is 19.2. The minimum atomic E-state index is -1.02. The third kappa shape index (κ3) is 4.65. The lowest BCUT2D eigenvalue weighted by Crippen LogP contribution is -2.54. The lowest BCUT2D eigenvalue weighted by atomic mass is 9.64. The van der Waals surface area contributed by atoms with Gasteiger partial charge in [0.15, 0.2) is 6.10 Å². The molecule has 0 bridgehead atoms. The number of rotatable bonds is 5. The van der Waals surface area contributed by atoms with Crippen molar-refractivity contribution in [2.45, 2.75) is 72.4 Å². The fourth-order valence-electron chi connectivity index (χ4n) is 5.20. The Bertz CT molecular complexity index is 938. The maximum Gasteiger partial charge on any atom is 0.326 e. The van der Waals surface area contributed by atoms with E-state index in [1.807, 2.05) is 19.9 Å². The van der Waals surface area contributed by atoms with Gasteiger partial charge in [-0.2, -0.15) is 0 Å². The molecule has 1 aliphatic heterocycles. The number of imide groups is 1. The molecule has 1 heterocycles. The molecule has 31 heavy (non-hydrogen) atoms. The number of ether oxygens (including phenoxy) is 1. The molecule has 1 aliphatic carbocycles. The van der Waals surface area contributed by atoms with Crippen LogP contribution in [0.5, 0.6) is 0 Å². The van der Waals surface area contributed by atoms with E-state index in [0.29, 0.717) is 18.4 Å². The summed E-state index contributed by atoms with van der Waals surface area (Å²) in [5.74, 6) is -1.22. The van der Waals surface area contributed by atoms with Crippen LogP contribution in [0.15, 0.2) is 18.2 Å². The summed E-state index contributed by atoms with van der Waals surface area (Å²) >= 11 is 0. The largest absolute Gasteiger partial charge is 0.453 e. The molecule has 2 aliphatic rings. The molecule has 0 radical (unpaired) electrons. The third-order valence-corrected chi connectivity index (χ3v) is 6.38. The first-order valence-corrected chi connectivity index (χ1v) is 10.8. The van der Waals surface area contributed by atoms with E-state index < -0.39 is 30.2 Å². The second-order valence-electron chi connectivity index (χ2n) is 10.1. The number of hydrogen-bond acceptors (Lipinski definition) is 5. The van der Waals surface area contributed by atoms with Gasteiger partial charge in [-0.25, -0.2) is 4.79 Å². The first kappa shape index (κ1) is 23.0. The highest BCUT2D eigenvalue weighted by Crippen LogP contribution is 2.46. The zero-order valence-electron chi connectivity index (χ0n) is 19.2. The summed E-state index contributed by atoms with van der Waals surface area (Å²) in [7, 11) is 0. The van der Waals surface area contributed by atoms with Gasteiger partial charge in [0.1, 0.15) is 12.1 Å². The summed E-state index contributed by atoms with van der Waals surface area (Å²) in [5, 5.41) is 2.84. The van der Waals surface area contributed by atoms with Crippen molar-refractivity contribution in [2.24, 2.45) is 11.3 Å². The maximum atomic E-state index is 13.1. The number of nitrogens with one attached hydrogen (secondary N) is 1. The lowest BCUT2D eigenvalue weighted by molar-refractivity contribution is -0.150. The molecular weight excluding hydrogens is 396 g/mol. The molecule has 7 nitrogen and oxygen atoms in total. The van der Waals surface area contributed by atoms with Crippen molar-refractivity contribution in [3.8, 4) is 0 Å². The molecule has 3 amide bonds. The summed E-state index contributed by atoms with van der Waals surface area (Å²) in [6.07, 6.45) is 1.03. The average molecular weight is 429 g/mol. The topological polar surface area (TPSA) is 92.8 Å². The van der Waals surface area contributed by atoms with Gasteiger partial charge in [-0.1, -0.05) is 32.9 Å². The number of hydrogen-bond donors (Lipinski definition) is 1. The van der Waals surface area contributed by atoms with E-state index >= 15 is 0 Å². The Balaban J connectivity index is 1.66. The molecule has 0 aromatic heterocycles. The van der Waals surface area contributed by atoms with Gasteiger partial charge in [-0.3, -0.25) is 19.3 Å². The number of carbonyl (C=O) groups excluding carboxylic acids is 4. The Labute approximate surface area is 183 Å². The van der Waals surface area contributed by atoms with Crippen molar-refractivity contribution in [2.75, 3.05) is 6.54 Å². The third-order valence-electron chi connectivity index (χ3n) is 6.38. The molecule has 1 aromatic rings. The molecule has 3 atom stereocenters. The Morgan fingerprint density at radius 2 is 1.87 bits per heavy atom. The number of benzene rings is 1. The van der Waals surface area contributed by atoms with Gasteiger partial charge in [0.05, 0.1) is 0 Å². The predicted octanol–water partition coefficient (Wildman–Crippen LogP) is 3.55. The first-order chi connectivity index (χ1) is 14.3. The van der Waals surface area contributed by atoms with E-state index in [4.69, 9.17) is 4.74 Å². The summed E-state index contributed by atoms with van der Waals surface area (Å²) in [5.41, 5.74) is 1.42. The second-order valence-corrected chi connectivity index (χ2v) is 10.1. The smallest absolute Gasteiger partial charge is 0.326 e. The number of urea groups is 1. The Kier molecular flexibility index (Phi) is 6.00. The Hall–Kier alpha value is -2.70. The highest BCUT2D eigenvalue weighted by atomic mass is 16.5. The molecule has 1 N–H and O–H groups in total. The molecular formula is C24H32N2O5. The monoisotopic (exact) mass is 428 g/mol. The van der Waals surface area contributed by atoms with Crippen LogP contribution in [0, 0.1) is 25.2 Å². The number of carbonyl (C=O) groups is 4. The number of nitrogens with zero attached hydrogens (tertiary/aromatic N) is 1. The molecule has 168 valence electrons. The minimum absolute atomic E-state index is 0.0930. The molecule has 1 spiro atoms. The van der Waals surface area contributed by atoms with E-state index in [2.05, 4.69) is 26.1 Å². The number of aryl methyl sites for hydroxylation is 2. The summed E-state index contributed by atoms with van der Waals surface area (Å²) in [4.78, 5) is 51.7. The van der Waals surface area contributed by atoms with Gasteiger partial charge in [0, 0.05) is 5.56 Å². The van der Waals surface area contributed by atoms with Crippen LogP contribution in [0.3, 0.4) is 0 Å². The van der Waals surface area contributed by atoms with Gasteiger partial charge >= 0.3 is 12.0 Å². The van der Waals surface area contributed by atoms with Crippen LogP contribution in [0.1, 0.15) is 68.4 Å². The van der Waals surface area contributed by atoms with Crippen LogP contribution < -0.4 is 5.32 Å². The van der Waals surface area contributed by atoms with Crippen LogP contribution in [0.4, 0.5) is 4.79 Å². The molecule has 1 aromatic carbocycles. The summed E-state index contributed by atoms with van der Waals surface area (Å²) in [6.45, 7) is 11.1. The van der Waals surface area contributed by atoms with Crippen molar-refractivity contribution >= 4 is 23.7 Å². The lowest BCUT2D eigenvalue weighted by Gasteiger charge is -2.43. The normalized spacial score (nSPS) is 26.0. The van der Waals surface area contributed by atoms with Crippen LogP contribution >= 0.6 is 0 Å². The molecule has 1 saturated carbocycles. The van der Waals surface area contributed by atoms with Gasteiger partial charge in [0.25, 0.3) is 5.91 Å². The number of amides is 3. The van der Waals surface area contributed by atoms with E-state index in [9.17, 15) is 19.2 Å². The predicted molar refractivity (Wildman–Crippen MR) is 116 cm³/mol. The molecule has 2 fully saturated rings. The fourth-order valence-corrected chi connectivity index (χ4v) is 5.20. The maximum absolute atomic E-state index is 13.1. The van der Waals surface area contributed by atoms with Crippen molar-refractivity contribution < 1.29 is 23.9 Å². The zero-order chi connectivity index (χ0) is 23.1. The van der Waals surface area contributed by atoms with Crippen LogP contribution in [0.2, 0.25) is 0 Å². The van der Waals surface area contributed by atoms with Crippen molar-refractivity contribution in [3.05, 3.63) is 34.9 Å². The Morgan fingerprint density at radius 3 is 2.48 bits per heavy atom. The minimum Gasteiger partial charge on any atom is -0.453 e. The van der Waals surface area contributed by atoms with Crippen LogP contribution in [-0.4, -0.2) is 46.8 Å². The van der Waals surface area contributed by atoms with E-state index in [1.165, 1.54) is 6.92 Å². The molecule has 3 rings (SSSR count). The molecule has 3 unspecified atom stereocenters. The van der Waals surface area contributed by atoms with E-state index in [0.717, 1.165) is 22.4 Å². The highest BCUT2D eigenvalue weighted by molar-refractivity contribution is 6.09. The van der Waals surface area contributed by atoms with Crippen molar-refractivity contribution in [3.63, 3.8) is 0 Å². The number of ketones is 1. The Morgan fingerprint density at radius 1 is 1.19 bits per heavy atom. The van der Waals surface area contributed by atoms with Gasteiger partial charge in [-0.15, -0.1) is 0 Å². The fraction of sp³-hybridized carbons (Fsp3) is 0.583. The van der Waals surface area contributed by atoms with E-state index in [1.54, 1.807) is 12.1 Å². The number of esters is 1. The first-order valence-electron chi connectivity index (χ1n) is 10.8. The van der Waals surface area contributed by atoms with Crippen molar-refractivity contribution in [1.29, 1.82) is 0 Å². The van der Waals surface area contributed by atoms with Crippen molar-refractivity contribution in [1.82, 2.24) is 10.2 Å². The SMILES string of the molecule is Cc1ccc(C(=O)C(C)OC(=O)CN2C(=O)NC3(CC(C)CC(C)(C)C3)C2=O)cc1C. The quantitative estimate of drug-likeness (QED) is 0.440. The van der Waals surface area contributed by atoms with E-state index in [-0.39, 0.29) is 23.0 Å². The number of Topliss-reactive ketones (excluding diaryl/α,β-unsaturated/α-hetero) is 1. The van der Waals surface area contributed by atoms with Gasteiger partial charge < -0.3 is 10.1 Å². The summed E-state index contributed by atoms with van der Waals surface area (Å²) < 4.78 is 5.27. The molecule has 1 saturated heterocycles. The second kappa shape index (κ2) is 8.09. The van der Waals surface area contributed by atoms with Gasteiger partial charge in [0.2, 0.25) is 5.78 Å². The standard InChI is InChI=1S/C24H32N2O5/c1-14-10-23(5,6)13-24(11-14)21(29)26(22(30)25-24)12-19(27)31-17(4)20(28)18-8-7-15(2)16(3)9-18/h7-9,14,17H,10-13H2,1-6H3,(H,25,30). The average Bonchev–Trinajstić information content (AvgIpc) is 2.84. The highest BCUT2D eigenvalue weighted by Gasteiger charge is 2.56. The van der Waals surface area contributed by atoms with Crippen LogP contribution in [0.25, 0.3) is 0 Å². The molecule has 7 heteroatoms. The van der Waals surface area contributed by atoms with Crippen LogP contribution in [-0.2, 0) is 14.3 Å².